The molecule has 0 bridgehead atoms. The summed E-state index contributed by atoms with van der Waals surface area (Å²) in [4.78, 5) is 23.6. The summed E-state index contributed by atoms with van der Waals surface area (Å²) >= 11 is 0. The van der Waals surface area contributed by atoms with Gasteiger partial charge >= 0.3 is 0 Å². The predicted octanol–water partition coefficient (Wildman–Crippen LogP) is 0.535. The third kappa shape index (κ3) is 4.64. The van der Waals surface area contributed by atoms with Crippen LogP contribution in [0.1, 0.15) is 46.0 Å². The maximum atomic E-state index is 12.0. The van der Waals surface area contributed by atoms with E-state index in [0.717, 1.165) is 32.1 Å². The smallest absolute Gasteiger partial charge is 0.242 e. The standard InChI is InChI=1S/C13H25N3O2/c1-3-8-15-12(17)9(2)16-13(18)10-4-6-11(14)7-5-10/h9-11H,3-8,14H2,1-2H3,(H,15,17)(H,16,18). The second-order valence-electron chi connectivity index (χ2n) is 5.13. The molecule has 1 unspecified atom stereocenters. The highest BCUT2D eigenvalue weighted by atomic mass is 16.2. The van der Waals surface area contributed by atoms with Gasteiger partial charge in [-0.05, 0) is 39.0 Å². The quantitative estimate of drug-likeness (QED) is 0.670. The highest BCUT2D eigenvalue weighted by molar-refractivity contribution is 5.88. The molecule has 2 amide bonds. The average Bonchev–Trinajstić information content (AvgIpc) is 2.36. The molecule has 1 aliphatic rings. The van der Waals surface area contributed by atoms with Crippen molar-refractivity contribution >= 4 is 11.8 Å². The molecule has 5 heteroatoms. The summed E-state index contributed by atoms with van der Waals surface area (Å²) in [7, 11) is 0. The first kappa shape index (κ1) is 15.0. The first-order chi connectivity index (χ1) is 8.54. The largest absolute Gasteiger partial charge is 0.354 e. The highest BCUT2D eigenvalue weighted by Gasteiger charge is 2.26. The molecule has 4 N–H and O–H groups in total. The Hall–Kier alpha value is -1.10. The van der Waals surface area contributed by atoms with Crippen molar-refractivity contribution in [2.75, 3.05) is 6.54 Å². The van der Waals surface area contributed by atoms with E-state index in [1.165, 1.54) is 0 Å². The van der Waals surface area contributed by atoms with Gasteiger partial charge in [-0.3, -0.25) is 9.59 Å². The molecule has 1 aliphatic carbocycles. The molecule has 0 aromatic heterocycles. The van der Waals surface area contributed by atoms with Crippen LogP contribution in [-0.2, 0) is 9.59 Å². The van der Waals surface area contributed by atoms with Crippen molar-refractivity contribution in [3.63, 3.8) is 0 Å². The molecule has 5 nitrogen and oxygen atoms in total. The third-order valence-electron chi connectivity index (χ3n) is 3.44. The molecule has 1 rings (SSSR count). The van der Waals surface area contributed by atoms with E-state index in [0.29, 0.717) is 6.54 Å². The van der Waals surface area contributed by atoms with Crippen molar-refractivity contribution in [1.82, 2.24) is 10.6 Å². The van der Waals surface area contributed by atoms with Crippen LogP contribution in [0.15, 0.2) is 0 Å². The number of hydrogen-bond acceptors (Lipinski definition) is 3. The van der Waals surface area contributed by atoms with Crippen LogP contribution < -0.4 is 16.4 Å². The molecule has 18 heavy (non-hydrogen) atoms. The molecule has 0 aliphatic heterocycles. The van der Waals surface area contributed by atoms with Gasteiger partial charge in [-0.2, -0.15) is 0 Å². The van der Waals surface area contributed by atoms with Crippen molar-refractivity contribution in [1.29, 1.82) is 0 Å². The van der Waals surface area contributed by atoms with Gasteiger partial charge in [0.05, 0.1) is 0 Å². The van der Waals surface area contributed by atoms with Gasteiger partial charge in [0.15, 0.2) is 0 Å². The van der Waals surface area contributed by atoms with Crippen LogP contribution in [0.2, 0.25) is 0 Å². The van der Waals surface area contributed by atoms with E-state index >= 15 is 0 Å². The van der Waals surface area contributed by atoms with Crippen molar-refractivity contribution < 1.29 is 9.59 Å². The Kier molecular flexibility index (Phi) is 6.12. The van der Waals surface area contributed by atoms with E-state index < -0.39 is 6.04 Å². The van der Waals surface area contributed by atoms with E-state index in [4.69, 9.17) is 5.73 Å². The molecular weight excluding hydrogens is 230 g/mol. The fraction of sp³-hybridized carbons (Fsp3) is 0.846. The van der Waals surface area contributed by atoms with Crippen molar-refractivity contribution in [3.8, 4) is 0 Å². The zero-order valence-corrected chi connectivity index (χ0v) is 11.4. The minimum Gasteiger partial charge on any atom is -0.354 e. The van der Waals surface area contributed by atoms with E-state index in [-0.39, 0.29) is 23.8 Å². The third-order valence-corrected chi connectivity index (χ3v) is 3.44. The van der Waals surface area contributed by atoms with Gasteiger partial charge in [0, 0.05) is 18.5 Å². The van der Waals surface area contributed by atoms with Crippen LogP contribution in [0.3, 0.4) is 0 Å². The van der Waals surface area contributed by atoms with Crippen LogP contribution in [0.5, 0.6) is 0 Å². The summed E-state index contributed by atoms with van der Waals surface area (Å²) in [5.41, 5.74) is 5.81. The van der Waals surface area contributed by atoms with Crippen molar-refractivity contribution in [3.05, 3.63) is 0 Å². The lowest BCUT2D eigenvalue weighted by molar-refractivity contribution is -0.131. The summed E-state index contributed by atoms with van der Waals surface area (Å²) in [5, 5.41) is 5.56. The molecule has 0 aromatic carbocycles. The van der Waals surface area contributed by atoms with Gasteiger partial charge in [-0.1, -0.05) is 6.92 Å². The summed E-state index contributed by atoms with van der Waals surface area (Å²) in [6.45, 7) is 4.36. The van der Waals surface area contributed by atoms with E-state index in [1.54, 1.807) is 6.92 Å². The van der Waals surface area contributed by atoms with Gasteiger partial charge in [-0.15, -0.1) is 0 Å². The van der Waals surface area contributed by atoms with E-state index in [9.17, 15) is 9.59 Å². The summed E-state index contributed by atoms with van der Waals surface area (Å²) in [5.74, 6) is -0.106. The van der Waals surface area contributed by atoms with E-state index in [2.05, 4.69) is 10.6 Å². The van der Waals surface area contributed by atoms with Crippen LogP contribution in [0.4, 0.5) is 0 Å². The lowest BCUT2D eigenvalue weighted by Crippen LogP contribution is -2.47. The van der Waals surface area contributed by atoms with Gasteiger partial charge in [0.25, 0.3) is 0 Å². The van der Waals surface area contributed by atoms with Crippen LogP contribution in [0, 0.1) is 5.92 Å². The number of amides is 2. The van der Waals surface area contributed by atoms with Gasteiger partial charge in [-0.25, -0.2) is 0 Å². The molecule has 1 fully saturated rings. The lowest BCUT2D eigenvalue weighted by atomic mass is 9.86. The maximum absolute atomic E-state index is 12.0. The Bertz CT molecular complexity index is 286. The summed E-state index contributed by atoms with van der Waals surface area (Å²) in [6, 6.07) is -0.223. The molecule has 104 valence electrons. The summed E-state index contributed by atoms with van der Waals surface area (Å²) < 4.78 is 0. The second kappa shape index (κ2) is 7.36. The number of nitrogens with one attached hydrogen (secondary N) is 2. The number of rotatable bonds is 5. The fourth-order valence-corrected chi connectivity index (χ4v) is 2.18. The fourth-order valence-electron chi connectivity index (χ4n) is 2.18. The Morgan fingerprint density at radius 2 is 1.89 bits per heavy atom. The molecular formula is C13H25N3O2. The first-order valence-corrected chi connectivity index (χ1v) is 6.88. The monoisotopic (exact) mass is 255 g/mol. The van der Waals surface area contributed by atoms with Crippen LogP contribution >= 0.6 is 0 Å². The van der Waals surface area contributed by atoms with Crippen molar-refractivity contribution in [2.45, 2.75) is 58.0 Å². The SMILES string of the molecule is CCCNC(=O)C(C)NC(=O)C1CCC(N)CC1. The van der Waals surface area contributed by atoms with Crippen molar-refractivity contribution in [2.24, 2.45) is 11.7 Å². The molecule has 1 saturated carbocycles. The zero-order valence-electron chi connectivity index (χ0n) is 11.4. The minimum atomic E-state index is -0.459. The molecule has 1 atom stereocenters. The Morgan fingerprint density at radius 1 is 1.28 bits per heavy atom. The minimum absolute atomic E-state index is 0.0129. The molecule has 0 aromatic rings. The van der Waals surface area contributed by atoms with Gasteiger partial charge in [0.2, 0.25) is 11.8 Å². The van der Waals surface area contributed by atoms with E-state index in [1.807, 2.05) is 6.92 Å². The normalized spacial score (nSPS) is 25.3. The molecule has 0 heterocycles. The Morgan fingerprint density at radius 3 is 2.44 bits per heavy atom. The van der Waals surface area contributed by atoms with Gasteiger partial charge in [0.1, 0.15) is 6.04 Å². The number of nitrogens with two attached hydrogens (primary N) is 1. The number of hydrogen-bond donors (Lipinski definition) is 3. The molecule has 0 radical (unpaired) electrons. The van der Waals surface area contributed by atoms with Crippen LogP contribution in [-0.4, -0.2) is 30.4 Å². The first-order valence-electron chi connectivity index (χ1n) is 6.88. The topological polar surface area (TPSA) is 84.2 Å². The second-order valence-corrected chi connectivity index (χ2v) is 5.13. The number of carbonyl (C=O) groups excluding carboxylic acids is 2. The maximum Gasteiger partial charge on any atom is 0.242 e. The molecule has 0 spiro atoms. The van der Waals surface area contributed by atoms with Gasteiger partial charge < -0.3 is 16.4 Å². The Labute approximate surface area is 109 Å². The highest BCUT2D eigenvalue weighted by Crippen LogP contribution is 2.23. The average molecular weight is 255 g/mol. The van der Waals surface area contributed by atoms with Crippen LogP contribution in [0.25, 0.3) is 0 Å². The number of carbonyl (C=O) groups is 2. The Balaban J connectivity index is 2.32. The zero-order chi connectivity index (χ0) is 13.5. The molecule has 0 saturated heterocycles. The lowest BCUT2D eigenvalue weighted by Gasteiger charge is -2.26. The summed E-state index contributed by atoms with van der Waals surface area (Å²) in [6.07, 6.45) is 4.35. The predicted molar refractivity (Wildman–Crippen MR) is 70.8 cm³/mol.